The van der Waals surface area contributed by atoms with Crippen molar-refractivity contribution < 1.29 is 38.4 Å². The summed E-state index contributed by atoms with van der Waals surface area (Å²) in [5.41, 5.74) is 7.88. The number of nitrogens with two attached hydrogens (primary N) is 1. The van der Waals surface area contributed by atoms with Gasteiger partial charge in [0.1, 0.15) is 11.9 Å². The van der Waals surface area contributed by atoms with Gasteiger partial charge in [0.05, 0.1) is 37.5 Å². The Balaban J connectivity index is 1.47. The van der Waals surface area contributed by atoms with Crippen LogP contribution in [0.5, 0.6) is 5.75 Å². The van der Waals surface area contributed by atoms with E-state index in [9.17, 15) is 14.7 Å². The van der Waals surface area contributed by atoms with Crippen LogP contribution >= 0.6 is 0 Å². The van der Waals surface area contributed by atoms with Crippen LogP contribution in [-0.2, 0) is 25.6 Å². The van der Waals surface area contributed by atoms with Crippen molar-refractivity contribution in [3.63, 3.8) is 0 Å². The molecule has 9 nitrogen and oxygen atoms in total. The maximum absolute atomic E-state index is 12.8. The normalized spacial score (nSPS) is 23.2. The van der Waals surface area contributed by atoms with Crippen molar-refractivity contribution in [2.24, 2.45) is 5.73 Å². The van der Waals surface area contributed by atoms with E-state index in [2.05, 4.69) is 0 Å². The van der Waals surface area contributed by atoms with Crippen LogP contribution in [0.15, 0.2) is 84.9 Å². The summed E-state index contributed by atoms with van der Waals surface area (Å²) in [6, 6.07) is 23.0. The summed E-state index contributed by atoms with van der Waals surface area (Å²) in [5, 5.41) is 10.8. The molecule has 0 amide bonds. The monoisotopic (exact) mass is 507 g/mol. The van der Waals surface area contributed by atoms with E-state index in [1.165, 1.54) is 0 Å². The Kier molecular flexibility index (Phi) is 8.86. The average Bonchev–Trinajstić information content (AvgIpc) is 2.94. The summed E-state index contributed by atoms with van der Waals surface area (Å²) >= 11 is 0. The lowest BCUT2D eigenvalue weighted by Crippen LogP contribution is -2.64. The first-order valence-corrected chi connectivity index (χ1v) is 11.8. The fourth-order valence-electron chi connectivity index (χ4n) is 3.91. The largest absolute Gasteiger partial charge is 0.497 e. The highest BCUT2D eigenvalue weighted by Crippen LogP contribution is 2.26. The maximum atomic E-state index is 12.8. The minimum absolute atomic E-state index is 0.00297. The van der Waals surface area contributed by atoms with Crippen LogP contribution in [-0.4, -0.2) is 61.4 Å². The highest BCUT2D eigenvalue weighted by Gasteiger charge is 2.48. The van der Waals surface area contributed by atoms with Gasteiger partial charge < -0.3 is 34.5 Å². The summed E-state index contributed by atoms with van der Waals surface area (Å²) in [5.74, 6) is -0.659. The van der Waals surface area contributed by atoms with Crippen molar-refractivity contribution in [1.29, 1.82) is 0 Å². The molecule has 1 heterocycles. The van der Waals surface area contributed by atoms with Gasteiger partial charge in [-0.25, -0.2) is 9.59 Å². The van der Waals surface area contributed by atoms with Crippen LogP contribution in [0.3, 0.4) is 0 Å². The second-order valence-electron chi connectivity index (χ2n) is 8.48. The molecule has 3 aromatic carbocycles. The molecule has 1 aliphatic rings. The van der Waals surface area contributed by atoms with E-state index in [1.807, 2.05) is 24.3 Å². The molecule has 4 rings (SSSR count). The third kappa shape index (κ3) is 6.72. The summed E-state index contributed by atoms with van der Waals surface area (Å²) in [6.45, 7) is 0.260. The van der Waals surface area contributed by atoms with Gasteiger partial charge in [0.2, 0.25) is 0 Å². The average molecular weight is 508 g/mol. The van der Waals surface area contributed by atoms with Crippen molar-refractivity contribution in [3.8, 4) is 5.75 Å². The number of hydrogen-bond donors (Lipinski definition) is 2. The maximum Gasteiger partial charge on any atom is 0.338 e. The number of rotatable bonds is 9. The summed E-state index contributed by atoms with van der Waals surface area (Å²) in [4.78, 5) is 25.6. The molecule has 0 bridgehead atoms. The molecular formula is C28H29NO8. The zero-order valence-corrected chi connectivity index (χ0v) is 20.3. The number of aliphatic hydroxyl groups excluding tert-OH is 1. The highest BCUT2D eigenvalue weighted by molar-refractivity contribution is 5.90. The number of ether oxygens (including phenoxy) is 5. The van der Waals surface area contributed by atoms with E-state index < -0.39 is 42.6 Å². The Hall–Kier alpha value is -3.76. The van der Waals surface area contributed by atoms with Crippen molar-refractivity contribution in [3.05, 3.63) is 102 Å². The van der Waals surface area contributed by atoms with E-state index in [0.29, 0.717) is 0 Å². The van der Waals surface area contributed by atoms with Gasteiger partial charge in [-0.05, 0) is 42.0 Å². The van der Waals surface area contributed by atoms with Crippen LogP contribution in [0.2, 0.25) is 0 Å². The second-order valence-corrected chi connectivity index (χ2v) is 8.48. The molecule has 194 valence electrons. The fourth-order valence-corrected chi connectivity index (χ4v) is 3.91. The lowest BCUT2D eigenvalue weighted by molar-refractivity contribution is -0.260. The van der Waals surface area contributed by atoms with Gasteiger partial charge in [0, 0.05) is 0 Å². The highest BCUT2D eigenvalue weighted by atomic mass is 16.7. The standard InChI is InChI=1S/C28H29NO8/c1-33-21-14-12-18(13-15-21)16-34-17-22-23(29)24(36-26(30)19-8-4-2-5-9-19)25(28(32)35-22)37-27(31)20-10-6-3-7-11-20/h2-15,22-25,28,32H,16-17,29H2,1H3/t22-,23-,24+,25-,28+/m1/s1. The van der Waals surface area contributed by atoms with Crippen molar-refractivity contribution in [1.82, 2.24) is 0 Å². The number of carbonyl (C=O) groups is 2. The van der Waals surface area contributed by atoms with Gasteiger partial charge in [-0.3, -0.25) is 0 Å². The van der Waals surface area contributed by atoms with Crippen molar-refractivity contribution in [2.45, 2.75) is 37.3 Å². The molecule has 9 heteroatoms. The Morgan fingerprint density at radius 3 is 1.92 bits per heavy atom. The van der Waals surface area contributed by atoms with Crippen LogP contribution in [0.25, 0.3) is 0 Å². The zero-order chi connectivity index (χ0) is 26.2. The molecule has 0 aromatic heterocycles. The molecule has 0 aliphatic carbocycles. The Morgan fingerprint density at radius 1 is 0.838 bits per heavy atom. The lowest BCUT2D eigenvalue weighted by Gasteiger charge is -2.42. The quantitative estimate of drug-likeness (QED) is 0.420. The summed E-state index contributed by atoms with van der Waals surface area (Å²) < 4.78 is 27.8. The molecule has 0 radical (unpaired) electrons. The van der Waals surface area contributed by atoms with Gasteiger partial charge in [-0.15, -0.1) is 0 Å². The molecule has 0 spiro atoms. The third-order valence-electron chi connectivity index (χ3n) is 5.94. The van der Waals surface area contributed by atoms with E-state index >= 15 is 0 Å². The van der Waals surface area contributed by atoms with Gasteiger partial charge in [-0.2, -0.15) is 0 Å². The first-order valence-electron chi connectivity index (χ1n) is 11.8. The van der Waals surface area contributed by atoms with Gasteiger partial charge >= 0.3 is 11.9 Å². The third-order valence-corrected chi connectivity index (χ3v) is 5.94. The minimum atomic E-state index is -1.60. The molecule has 1 aliphatic heterocycles. The molecule has 1 fully saturated rings. The van der Waals surface area contributed by atoms with Crippen LogP contribution < -0.4 is 10.5 Å². The predicted octanol–water partition coefficient (Wildman–Crippen LogP) is 2.71. The van der Waals surface area contributed by atoms with Crippen molar-refractivity contribution >= 4 is 11.9 Å². The topological polar surface area (TPSA) is 127 Å². The number of esters is 2. The van der Waals surface area contributed by atoms with E-state index in [0.717, 1.165) is 11.3 Å². The van der Waals surface area contributed by atoms with Crippen LogP contribution in [0, 0.1) is 0 Å². The smallest absolute Gasteiger partial charge is 0.338 e. The van der Waals surface area contributed by atoms with Gasteiger partial charge in [-0.1, -0.05) is 48.5 Å². The zero-order valence-electron chi connectivity index (χ0n) is 20.3. The first-order chi connectivity index (χ1) is 18.0. The Labute approximate surface area is 214 Å². The SMILES string of the molecule is COc1ccc(COC[C@H]2O[C@H](O)[C@H](OC(=O)c3ccccc3)[C@@H](OC(=O)c3ccccc3)[C@@H]2N)cc1. The van der Waals surface area contributed by atoms with E-state index in [-0.39, 0.29) is 24.3 Å². The van der Waals surface area contributed by atoms with Crippen LogP contribution in [0.4, 0.5) is 0 Å². The lowest BCUT2D eigenvalue weighted by atomic mass is 9.96. The Bertz CT molecular complexity index is 1160. The Morgan fingerprint density at radius 2 is 1.38 bits per heavy atom. The van der Waals surface area contributed by atoms with Gasteiger partial charge in [0.15, 0.2) is 18.5 Å². The number of methoxy groups -OCH3 is 1. The minimum Gasteiger partial charge on any atom is -0.497 e. The molecule has 0 unspecified atom stereocenters. The van der Waals surface area contributed by atoms with Crippen molar-refractivity contribution in [2.75, 3.05) is 13.7 Å². The molecule has 5 atom stereocenters. The van der Waals surface area contributed by atoms with Gasteiger partial charge in [0.25, 0.3) is 0 Å². The van der Waals surface area contributed by atoms with E-state index in [4.69, 9.17) is 29.4 Å². The first kappa shape index (κ1) is 26.3. The van der Waals surface area contributed by atoms with E-state index in [1.54, 1.807) is 67.8 Å². The molecule has 37 heavy (non-hydrogen) atoms. The number of aliphatic hydroxyl groups is 1. The summed E-state index contributed by atoms with van der Waals surface area (Å²) in [6.07, 6.45) is -4.99. The summed E-state index contributed by atoms with van der Waals surface area (Å²) in [7, 11) is 1.59. The van der Waals surface area contributed by atoms with Crippen LogP contribution in [0.1, 0.15) is 26.3 Å². The number of hydrogen-bond acceptors (Lipinski definition) is 9. The number of benzene rings is 3. The molecular weight excluding hydrogens is 478 g/mol. The molecule has 3 N–H and O–H groups in total. The molecule has 3 aromatic rings. The molecule has 0 saturated carbocycles. The molecule has 1 saturated heterocycles. The second kappa shape index (κ2) is 12.5. The fraction of sp³-hybridized carbons (Fsp3) is 0.286. The number of carbonyl (C=O) groups excluding carboxylic acids is 2. The predicted molar refractivity (Wildman–Crippen MR) is 133 cm³/mol.